The van der Waals surface area contributed by atoms with Gasteiger partial charge >= 0.3 is 0 Å². The van der Waals surface area contributed by atoms with Crippen LogP contribution in [0.3, 0.4) is 0 Å². The Morgan fingerprint density at radius 3 is 2.33 bits per heavy atom. The molecule has 0 aliphatic carbocycles. The lowest BCUT2D eigenvalue weighted by Crippen LogP contribution is -2.29. The van der Waals surface area contributed by atoms with Gasteiger partial charge < -0.3 is 10.0 Å². The first kappa shape index (κ1) is 19.9. The second-order valence-electron chi connectivity index (χ2n) is 7.33. The second kappa shape index (κ2) is 8.17. The number of nitrogens with zero attached hydrogens (tertiary/aromatic N) is 1. The molecule has 1 N–H and O–H groups in total. The molecule has 0 radical (unpaired) electrons. The minimum Gasteiger partial charge on any atom is -0.507 e. The topological polar surface area (TPSA) is 57.6 Å². The Hall–Kier alpha value is -3.37. The predicted molar refractivity (Wildman–Crippen MR) is 117 cm³/mol. The zero-order valence-corrected chi connectivity index (χ0v) is 17.1. The molecular formula is C25H20ClNO3. The number of ketones is 1. The number of aliphatic hydroxyl groups is 1. The maximum absolute atomic E-state index is 13.0. The number of Topliss-reactive ketones (excluding diaryl/α,β-unsaturated/α-hetero) is 1. The molecule has 4 rings (SSSR count). The molecule has 0 spiro atoms. The molecule has 3 aromatic rings. The van der Waals surface area contributed by atoms with Gasteiger partial charge in [-0.1, -0.05) is 83.9 Å². The summed E-state index contributed by atoms with van der Waals surface area (Å²) in [4.78, 5) is 27.5. The summed E-state index contributed by atoms with van der Waals surface area (Å²) >= 11 is 6.20. The average molecular weight is 418 g/mol. The van der Waals surface area contributed by atoms with Gasteiger partial charge in [-0.15, -0.1) is 0 Å². The zero-order chi connectivity index (χ0) is 21.3. The molecule has 1 unspecified atom stereocenters. The van der Waals surface area contributed by atoms with Crippen LogP contribution in [-0.2, 0) is 16.1 Å². The molecule has 30 heavy (non-hydrogen) atoms. The van der Waals surface area contributed by atoms with Crippen molar-refractivity contribution in [1.82, 2.24) is 4.90 Å². The van der Waals surface area contributed by atoms with Crippen LogP contribution in [0.5, 0.6) is 0 Å². The van der Waals surface area contributed by atoms with E-state index in [1.165, 1.54) is 4.90 Å². The number of likely N-dealkylation sites (tertiary alicyclic amines) is 1. The number of carbonyl (C=O) groups excluding carboxylic acids is 2. The lowest BCUT2D eigenvalue weighted by atomic mass is 9.95. The van der Waals surface area contributed by atoms with Gasteiger partial charge in [0.1, 0.15) is 5.76 Å². The maximum atomic E-state index is 13.0. The molecule has 3 aromatic carbocycles. The van der Waals surface area contributed by atoms with Crippen LogP contribution in [0.15, 0.2) is 84.4 Å². The number of aliphatic hydroxyl groups excluding tert-OH is 1. The normalized spacial score (nSPS) is 18.1. The highest BCUT2D eigenvalue weighted by Crippen LogP contribution is 2.40. The summed E-state index contributed by atoms with van der Waals surface area (Å²) in [7, 11) is 0. The van der Waals surface area contributed by atoms with E-state index in [-0.39, 0.29) is 17.9 Å². The molecule has 1 atom stereocenters. The molecule has 1 fully saturated rings. The van der Waals surface area contributed by atoms with Crippen molar-refractivity contribution in [3.05, 3.63) is 112 Å². The van der Waals surface area contributed by atoms with E-state index in [0.29, 0.717) is 16.1 Å². The van der Waals surface area contributed by atoms with E-state index in [2.05, 4.69) is 0 Å². The fraction of sp³-hybridized carbons (Fsp3) is 0.120. The molecule has 1 heterocycles. The van der Waals surface area contributed by atoms with Crippen molar-refractivity contribution in [3.63, 3.8) is 0 Å². The number of halogens is 1. The number of amides is 1. The predicted octanol–water partition coefficient (Wildman–Crippen LogP) is 5.27. The van der Waals surface area contributed by atoms with E-state index < -0.39 is 17.7 Å². The van der Waals surface area contributed by atoms with Gasteiger partial charge in [0.2, 0.25) is 0 Å². The summed E-state index contributed by atoms with van der Waals surface area (Å²) in [5.74, 6) is -1.53. The lowest BCUT2D eigenvalue weighted by molar-refractivity contribution is -0.140. The van der Waals surface area contributed by atoms with Crippen molar-refractivity contribution >= 4 is 29.1 Å². The molecule has 1 aliphatic rings. The van der Waals surface area contributed by atoms with E-state index in [1.807, 2.05) is 55.5 Å². The third-order valence-electron chi connectivity index (χ3n) is 5.23. The third kappa shape index (κ3) is 3.74. The van der Waals surface area contributed by atoms with Crippen molar-refractivity contribution in [2.75, 3.05) is 0 Å². The zero-order valence-electron chi connectivity index (χ0n) is 16.4. The SMILES string of the molecule is Cc1ccc(C(O)=C2C(=O)C(=O)N(Cc3ccccc3)C2c2cccc(Cl)c2)cc1. The van der Waals surface area contributed by atoms with Crippen molar-refractivity contribution in [2.24, 2.45) is 0 Å². The first-order valence-electron chi connectivity index (χ1n) is 9.60. The molecular weight excluding hydrogens is 398 g/mol. The molecule has 4 nitrogen and oxygen atoms in total. The Bertz CT molecular complexity index is 1140. The Labute approximate surface area is 180 Å². The minimum atomic E-state index is -0.731. The first-order valence-corrected chi connectivity index (χ1v) is 9.98. The summed E-state index contributed by atoms with van der Waals surface area (Å²) in [6.45, 7) is 2.18. The van der Waals surface area contributed by atoms with Gasteiger partial charge in [0.25, 0.3) is 11.7 Å². The number of hydrogen-bond donors (Lipinski definition) is 1. The van der Waals surface area contributed by atoms with Gasteiger partial charge in [0.05, 0.1) is 11.6 Å². The number of aryl methyl sites for hydroxylation is 1. The quantitative estimate of drug-likeness (QED) is 0.357. The Morgan fingerprint density at radius 2 is 1.67 bits per heavy atom. The molecule has 1 saturated heterocycles. The van der Waals surface area contributed by atoms with Gasteiger partial charge in [-0.3, -0.25) is 9.59 Å². The summed E-state index contributed by atoms with van der Waals surface area (Å²) in [5, 5.41) is 11.5. The molecule has 1 amide bonds. The van der Waals surface area contributed by atoms with E-state index >= 15 is 0 Å². The highest BCUT2D eigenvalue weighted by Gasteiger charge is 2.46. The first-order chi connectivity index (χ1) is 14.5. The third-order valence-corrected chi connectivity index (χ3v) is 5.46. The minimum absolute atomic E-state index is 0.0713. The fourth-order valence-electron chi connectivity index (χ4n) is 3.71. The molecule has 0 saturated carbocycles. The molecule has 150 valence electrons. The largest absolute Gasteiger partial charge is 0.507 e. The standard InChI is InChI=1S/C25H20ClNO3/c1-16-10-12-18(13-11-16)23(28)21-22(19-8-5-9-20(26)14-19)27(25(30)24(21)29)15-17-6-3-2-4-7-17/h2-14,22,28H,15H2,1H3. The summed E-state index contributed by atoms with van der Waals surface area (Å²) in [6.07, 6.45) is 0. The van der Waals surface area contributed by atoms with Crippen LogP contribution >= 0.6 is 11.6 Å². The van der Waals surface area contributed by atoms with E-state index in [0.717, 1.165) is 11.1 Å². The highest BCUT2D eigenvalue weighted by molar-refractivity contribution is 6.46. The van der Waals surface area contributed by atoms with Crippen LogP contribution in [0.1, 0.15) is 28.3 Å². The molecule has 5 heteroatoms. The van der Waals surface area contributed by atoms with E-state index in [4.69, 9.17) is 11.6 Å². The highest BCUT2D eigenvalue weighted by atomic mass is 35.5. The van der Waals surface area contributed by atoms with E-state index in [9.17, 15) is 14.7 Å². The van der Waals surface area contributed by atoms with E-state index in [1.54, 1.807) is 30.3 Å². The lowest BCUT2D eigenvalue weighted by Gasteiger charge is -2.25. The number of carbonyl (C=O) groups is 2. The summed E-state index contributed by atoms with van der Waals surface area (Å²) in [5.41, 5.74) is 3.16. The van der Waals surface area contributed by atoms with Crippen LogP contribution < -0.4 is 0 Å². The van der Waals surface area contributed by atoms with Crippen molar-refractivity contribution in [3.8, 4) is 0 Å². The number of hydrogen-bond acceptors (Lipinski definition) is 3. The van der Waals surface area contributed by atoms with Gasteiger partial charge in [-0.05, 0) is 30.2 Å². The van der Waals surface area contributed by atoms with Gasteiger partial charge in [-0.25, -0.2) is 0 Å². The van der Waals surface area contributed by atoms with Gasteiger partial charge in [0.15, 0.2) is 0 Å². The number of rotatable bonds is 4. The second-order valence-corrected chi connectivity index (χ2v) is 7.77. The van der Waals surface area contributed by atoms with Crippen LogP contribution in [0.2, 0.25) is 5.02 Å². The van der Waals surface area contributed by atoms with Crippen molar-refractivity contribution in [2.45, 2.75) is 19.5 Å². The van der Waals surface area contributed by atoms with Crippen molar-refractivity contribution < 1.29 is 14.7 Å². The van der Waals surface area contributed by atoms with Crippen LogP contribution in [0.4, 0.5) is 0 Å². The Kier molecular flexibility index (Phi) is 5.42. The summed E-state index contributed by atoms with van der Waals surface area (Å²) in [6, 6.07) is 22.9. The molecule has 0 aromatic heterocycles. The van der Waals surface area contributed by atoms with Gasteiger partial charge in [-0.2, -0.15) is 0 Å². The molecule has 1 aliphatic heterocycles. The van der Waals surface area contributed by atoms with Crippen molar-refractivity contribution in [1.29, 1.82) is 0 Å². The monoisotopic (exact) mass is 417 g/mol. The maximum Gasteiger partial charge on any atom is 0.295 e. The van der Waals surface area contributed by atoms with Crippen LogP contribution in [0.25, 0.3) is 5.76 Å². The Balaban J connectivity index is 1.87. The summed E-state index contributed by atoms with van der Waals surface area (Å²) < 4.78 is 0. The van der Waals surface area contributed by atoms with Crippen LogP contribution in [-0.4, -0.2) is 21.7 Å². The molecule has 0 bridgehead atoms. The fourth-order valence-corrected chi connectivity index (χ4v) is 3.91. The number of benzene rings is 3. The van der Waals surface area contributed by atoms with Gasteiger partial charge in [0, 0.05) is 17.1 Å². The Morgan fingerprint density at radius 1 is 0.967 bits per heavy atom. The average Bonchev–Trinajstić information content (AvgIpc) is 2.99. The van der Waals surface area contributed by atoms with Crippen LogP contribution in [0, 0.1) is 6.92 Å². The smallest absolute Gasteiger partial charge is 0.295 e.